The Morgan fingerprint density at radius 3 is 2.93 bits per heavy atom. The van der Waals surface area contributed by atoms with Crippen LogP contribution in [-0.4, -0.2) is 17.2 Å². The Morgan fingerprint density at radius 2 is 2.43 bits per heavy atom. The third kappa shape index (κ3) is 2.04. The standard InChI is InChI=1S/C9H13N3O2/c1-6-5-8(12-14-6)11-9(13)10-7-3-2-4-7/h5,7H,2-4H2,1H3,(H2,10,11,12,13). The van der Waals surface area contributed by atoms with Crippen LogP contribution in [-0.2, 0) is 0 Å². The first-order valence-electron chi connectivity index (χ1n) is 4.75. The molecule has 0 aromatic carbocycles. The summed E-state index contributed by atoms with van der Waals surface area (Å²) in [4.78, 5) is 11.3. The van der Waals surface area contributed by atoms with E-state index in [0.29, 0.717) is 17.6 Å². The van der Waals surface area contributed by atoms with E-state index in [2.05, 4.69) is 15.8 Å². The van der Waals surface area contributed by atoms with Gasteiger partial charge in [-0.15, -0.1) is 0 Å². The van der Waals surface area contributed by atoms with Gasteiger partial charge in [0.2, 0.25) is 0 Å². The van der Waals surface area contributed by atoms with Crippen LogP contribution in [0.4, 0.5) is 10.6 Å². The van der Waals surface area contributed by atoms with Crippen LogP contribution >= 0.6 is 0 Å². The number of amides is 2. The van der Waals surface area contributed by atoms with Gasteiger partial charge < -0.3 is 9.84 Å². The number of nitrogens with one attached hydrogen (secondary N) is 2. The highest BCUT2D eigenvalue weighted by Gasteiger charge is 2.19. The first-order chi connectivity index (χ1) is 6.74. The highest BCUT2D eigenvalue weighted by atomic mass is 16.5. The SMILES string of the molecule is Cc1cc(NC(=O)NC2CCC2)no1. The summed E-state index contributed by atoms with van der Waals surface area (Å²) in [5, 5.41) is 9.11. The molecule has 0 bridgehead atoms. The minimum absolute atomic E-state index is 0.206. The van der Waals surface area contributed by atoms with Crippen LogP contribution in [0.25, 0.3) is 0 Å². The Kier molecular flexibility index (Phi) is 2.39. The number of rotatable bonds is 2. The van der Waals surface area contributed by atoms with Gasteiger partial charge in [0.05, 0.1) is 0 Å². The van der Waals surface area contributed by atoms with E-state index in [0.717, 1.165) is 12.8 Å². The van der Waals surface area contributed by atoms with Crippen molar-refractivity contribution in [2.75, 3.05) is 5.32 Å². The number of anilines is 1. The molecule has 1 saturated carbocycles. The van der Waals surface area contributed by atoms with Gasteiger partial charge in [0.25, 0.3) is 0 Å². The van der Waals surface area contributed by atoms with Gasteiger partial charge in [-0.05, 0) is 26.2 Å². The van der Waals surface area contributed by atoms with Crippen molar-refractivity contribution in [1.29, 1.82) is 0 Å². The molecule has 1 fully saturated rings. The molecule has 5 nitrogen and oxygen atoms in total. The maximum atomic E-state index is 11.3. The molecule has 0 saturated heterocycles. The number of aryl methyl sites for hydroxylation is 1. The second-order valence-electron chi connectivity index (χ2n) is 3.55. The maximum absolute atomic E-state index is 11.3. The second-order valence-corrected chi connectivity index (χ2v) is 3.55. The van der Waals surface area contributed by atoms with Crippen molar-refractivity contribution in [3.63, 3.8) is 0 Å². The summed E-state index contributed by atoms with van der Waals surface area (Å²) in [5.74, 6) is 1.14. The van der Waals surface area contributed by atoms with Crippen LogP contribution in [0.3, 0.4) is 0 Å². The van der Waals surface area contributed by atoms with E-state index in [1.54, 1.807) is 13.0 Å². The summed E-state index contributed by atoms with van der Waals surface area (Å²) in [6.45, 7) is 1.78. The fraction of sp³-hybridized carbons (Fsp3) is 0.556. The molecule has 1 aromatic heterocycles. The van der Waals surface area contributed by atoms with Gasteiger partial charge in [-0.2, -0.15) is 0 Å². The Morgan fingerprint density at radius 1 is 1.64 bits per heavy atom. The van der Waals surface area contributed by atoms with Gasteiger partial charge in [-0.25, -0.2) is 4.79 Å². The zero-order valence-corrected chi connectivity index (χ0v) is 8.04. The fourth-order valence-electron chi connectivity index (χ4n) is 1.32. The average Bonchev–Trinajstić information content (AvgIpc) is 2.44. The Bertz CT molecular complexity index is 331. The summed E-state index contributed by atoms with van der Waals surface area (Å²) in [7, 11) is 0. The van der Waals surface area contributed by atoms with Crippen LogP contribution < -0.4 is 10.6 Å². The third-order valence-electron chi connectivity index (χ3n) is 2.31. The first-order valence-corrected chi connectivity index (χ1v) is 4.75. The normalized spacial score (nSPS) is 16.1. The summed E-state index contributed by atoms with van der Waals surface area (Å²) in [6.07, 6.45) is 3.35. The third-order valence-corrected chi connectivity index (χ3v) is 2.31. The quantitative estimate of drug-likeness (QED) is 0.754. The number of hydrogen-bond acceptors (Lipinski definition) is 3. The number of aromatic nitrogens is 1. The van der Waals surface area contributed by atoms with E-state index in [4.69, 9.17) is 4.52 Å². The van der Waals surface area contributed by atoms with Crippen molar-refractivity contribution in [3.05, 3.63) is 11.8 Å². The molecule has 0 unspecified atom stereocenters. The Labute approximate surface area is 81.8 Å². The number of urea groups is 1. The lowest BCUT2D eigenvalue weighted by molar-refractivity contribution is 0.239. The van der Waals surface area contributed by atoms with Crippen molar-refractivity contribution in [3.8, 4) is 0 Å². The Hall–Kier alpha value is -1.52. The monoisotopic (exact) mass is 195 g/mol. The molecule has 0 aliphatic heterocycles. The van der Waals surface area contributed by atoms with Gasteiger partial charge in [-0.3, -0.25) is 5.32 Å². The highest BCUT2D eigenvalue weighted by molar-refractivity contribution is 5.88. The largest absolute Gasteiger partial charge is 0.360 e. The molecule has 76 valence electrons. The van der Waals surface area contributed by atoms with Gasteiger partial charge in [0.15, 0.2) is 5.82 Å². The van der Waals surface area contributed by atoms with Crippen molar-refractivity contribution >= 4 is 11.8 Å². The molecule has 14 heavy (non-hydrogen) atoms. The van der Waals surface area contributed by atoms with Gasteiger partial charge in [0.1, 0.15) is 5.76 Å². The second kappa shape index (κ2) is 3.69. The van der Waals surface area contributed by atoms with E-state index in [-0.39, 0.29) is 6.03 Å². The summed E-state index contributed by atoms with van der Waals surface area (Å²) in [6, 6.07) is 1.81. The molecule has 1 aliphatic carbocycles. The van der Waals surface area contributed by atoms with E-state index in [9.17, 15) is 4.79 Å². The predicted octanol–water partition coefficient (Wildman–Crippen LogP) is 1.66. The molecule has 2 N–H and O–H groups in total. The molecule has 2 amide bonds. The van der Waals surface area contributed by atoms with Crippen LogP contribution in [0.2, 0.25) is 0 Å². The van der Waals surface area contributed by atoms with E-state index in [1.165, 1.54) is 6.42 Å². The zero-order chi connectivity index (χ0) is 9.97. The topological polar surface area (TPSA) is 67.2 Å². The summed E-state index contributed by atoms with van der Waals surface area (Å²) >= 11 is 0. The first kappa shape index (κ1) is 9.05. The van der Waals surface area contributed by atoms with E-state index >= 15 is 0 Å². The van der Waals surface area contributed by atoms with Crippen LogP contribution in [0, 0.1) is 6.92 Å². The number of carbonyl (C=O) groups is 1. The number of hydrogen-bond donors (Lipinski definition) is 2. The minimum Gasteiger partial charge on any atom is -0.360 e. The molecule has 0 radical (unpaired) electrons. The summed E-state index contributed by atoms with van der Waals surface area (Å²) in [5.41, 5.74) is 0. The van der Waals surface area contributed by atoms with Gasteiger partial charge in [0, 0.05) is 12.1 Å². The van der Waals surface area contributed by atoms with Gasteiger partial charge >= 0.3 is 6.03 Å². The lowest BCUT2D eigenvalue weighted by Gasteiger charge is -2.25. The molecule has 0 spiro atoms. The van der Waals surface area contributed by atoms with E-state index < -0.39 is 0 Å². The predicted molar refractivity (Wildman–Crippen MR) is 51.0 cm³/mol. The minimum atomic E-state index is -0.206. The van der Waals surface area contributed by atoms with E-state index in [1.807, 2.05) is 0 Å². The van der Waals surface area contributed by atoms with Crippen LogP contribution in [0.1, 0.15) is 25.0 Å². The van der Waals surface area contributed by atoms with Gasteiger partial charge in [-0.1, -0.05) is 5.16 Å². The summed E-state index contributed by atoms with van der Waals surface area (Å²) < 4.78 is 4.82. The molecule has 5 heteroatoms. The van der Waals surface area contributed by atoms with Crippen LogP contribution in [0.15, 0.2) is 10.6 Å². The number of nitrogens with zero attached hydrogens (tertiary/aromatic N) is 1. The smallest absolute Gasteiger partial charge is 0.320 e. The lowest BCUT2D eigenvalue weighted by atomic mass is 9.93. The van der Waals surface area contributed by atoms with Crippen molar-refractivity contribution < 1.29 is 9.32 Å². The van der Waals surface area contributed by atoms with Crippen molar-refractivity contribution in [2.45, 2.75) is 32.2 Å². The molecule has 2 rings (SSSR count). The highest BCUT2D eigenvalue weighted by Crippen LogP contribution is 2.18. The molecule has 0 atom stereocenters. The average molecular weight is 195 g/mol. The Balaban J connectivity index is 1.81. The van der Waals surface area contributed by atoms with Crippen LogP contribution in [0.5, 0.6) is 0 Å². The molecule has 1 aromatic rings. The fourth-order valence-corrected chi connectivity index (χ4v) is 1.32. The number of carbonyl (C=O) groups excluding carboxylic acids is 1. The zero-order valence-electron chi connectivity index (χ0n) is 8.04. The molecule has 1 heterocycles. The lowest BCUT2D eigenvalue weighted by Crippen LogP contribution is -2.41. The molecular weight excluding hydrogens is 182 g/mol. The van der Waals surface area contributed by atoms with Crippen molar-refractivity contribution in [2.24, 2.45) is 0 Å². The molecule has 1 aliphatic rings. The maximum Gasteiger partial charge on any atom is 0.320 e. The van der Waals surface area contributed by atoms with Crippen molar-refractivity contribution in [1.82, 2.24) is 10.5 Å². The molecular formula is C9H13N3O2.